The van der Waals surface area contributed by atoms with Crippen molar-refractivity contribution >= 4 is 37.7 Å². The summed E-state index contributed by atoms with van der Waals surface area (Å²) < 4.78 is 24.9. The van der Waals surface area contributed by atoms with E-state index in [4.69, 9.17) is 4.74 Å². The summed E-state index contributed by atoms with van der Waals surface area (Å²) in [5.41, 5.74) is 2.61. The van der Waals surface area contributed by atoms with Gasteiger partial charge >= 0.3 is 5.82 Å². The van der Waals surface area contributed by atoms with Crippen molar-refractivity contribution in [2.45, 2.75) is 32.9 Å². The molecule has 4 rings (SSSR count). The zero-order chi connectivity index (χ0) is 26.0. The molecule has 10 nitrogen and oxygen atoms in total. The van der Waals surface area contributed by atoms with Gasteiger partial charge in [0.1, 0.15) is 22.6 Å². The first-order chi connectivity index (χ1) is 17.2. The Morgan fingerprint density at radius 2 is 2.03 bits per heavy atom. The lowest BCUT2D eigenvalue weighted by atomic mass is 10.1. The highest BCUT2D eigenvalue weighted by Gasteiger charge is 2.24. The van der Waals surface area contributed by atoms with Crippen molar-refractivity contribution in [3.05, 3.63) is 90.2 Å². The third-order valence-corrected chi connectivity index (χ3v) is 6.78. The summed E-state index contributed by atoms with van der Waals surface area (Å²) in [5, 5.41) is 29.9. The number of hydrogen-bond donors (Lipinski definition) is 0. The highest BCUT2D eigenvalue weighted by atomic mass is 79.9. The number of benzene rings is 1. The van der Waals surface area contributed by atoms with Crippen LogP contribution < -0.4 is 4.74 Å². The summed E-state index contributed by atoms with van der Waals surface area (Å²) >= 11 is 6.78. The smallest absolute Gasteiger partial charge is 0.406 e. The average Bonchev–Trinajstić information content (AvgIpc) is 3.41. The third-order valence-electron chi connectivity index (χ3n) is 5.42. The molecule has 0 spiro atoms. The first-order valence-electron chi connectivity index (χ1n) is 10.7. The molecule has 0 saturated heterocycles. The standard InChI is InChI=1S/C23H18Br2FN7O3/c1-3-31-22(25)14(10-29-31)6-20-15(9-27)11-30-32(20)19-5-4-17(26)8-18(19)13(2)36-21-7-16(24)12-28-23(21)33(34)35/h4-5,7-8,10-13H,3,6H2,1-2H3. The number of rotatable bonds is 8. The van der Waals surface area contributed by atoms with Crippen LogP contribution in [-0.4, -0.2) is 29.5 Å². The summed E-state index contributed by atoms with van der Waals surface area (Å²) in [7, 11) is 0. The number of hydrogen-bond acceptors (Lipinski definition) is 7. The van der Waals surface area contributed by atoms with Crippen molar-refractivity contribution in [1.82, 2.24) is 24.5 Å². The molecule has 0 aliphatic heterocycles. The fourth-order valence-electron chi connectivity index (χ4n) is 3.71. The summed E-state index contributed by atoms with van der Waals surface area (Å²) in [5.74, 6) is -1.06. The Balaban J connectivity index is 1.78. The van der Waals surface area contributed by atoms with E-state index >= 15 is 0 Å². The quantitative estimate of drug-likeness (QED) is 0.184. The highest BCUT2D eigenvalue weighted by Crippen LogP contribution is 2.34. The number of nitriles is 1. The Kier molecular flexibility index (Phi) is 7.46. The minimum Gasteiger partial charge on any atom is -0.478 e. The van der Waals surface area contributed by atoms with Gasteiger partial charge in [-0.15, -0.1) is 0 Å². The van der Waals surface area contributed by atoms with Crippen molar-refractivity contribution < 1.29 is 14.1 Å². The van der Waals surface area contributed by atoms with Gasteiger partial charge in [-0.3, -0.25) is 4.68 Å². The predicted molar refractivity (Wildman–Crippen MR) is 134 cm³/mol. The molecule has 0 radical (unpaired) electrons. The molecule has 1 unspecified atom stereocenters. The predicted octanol–water partition coefficient (Wildman–Crippen LogP) is 5.66. The maximum Gasteiger partial charge on any atom is 0.406 e. The number of nitro groups is 1. The highest BCUT2D eigenvalue weighted by molar-refractivity contribution is 9.10. The van der Waals surface area contributed by atoms with Gasteiger partial charge in [0.2, 0.25) is 5.75 Å². The molecule has 0 amide bonds. The van der Waals surface area contributed by atoms with Crippen LogP contribution in [0, 0.1) is 27.3 Å². The number of halogens is 3. The van der Waals surface area contributed by atoms with Crippen molar-refractivity contribution in [3.63, 3.8) is 0 Å². The molecule has 0 aliphatic rings. The number of pyridine rings is 1. The molecule has 0 aliphatic carbocycles. The summed E-state index contributed by atoms with van der Waals surface area (Å²) in [6.45, 7) is 4.27. The average molecular weight is 619 g/mol. The second-order valence-electron chi connectivity index (χ2n) is 7.68. The minimum absolute atomic E-state index is 0.0774. The molecular weight excluding hydrogens is 601 g/mol. The van der Waals surface area contributed by atoms with Crippen LogP contribution in [0.1, 0.15) is 42.3 Å². The van der Waals surface area contributed by atoms with Crippen molar-refractivity contribution in [2.24, 2.45) is 0 Å². The normalized spacial score (nSPS) is 11.8. The van der Waals surface area contributed by atoms with Gasteiger partial charge in [-0.1, -0.05) is 0 Å². The van der Waals surface area contributed by atoms with E-state index in [9.17, 15) is 19.8 Å². The lowest BCUT2D eigenvalue weighted by Crippen LogP contribution is -2.13. The van der Waals surface area contributed by atoms with Gasteiger partial charge in [0, 0.05) is 30.2 Å². The van der Waals surface area contributed by atoms with E-state index in [1.807, 2.05) is 6.92 Å². The molecule has 1 atom stereocenters. The van der Waals surface area contributed by atoms with Gasteiger partial charge < -0.3 is 14.9 Å². The lowest BCUT2D eigenvalue weighted by Gasteiger charge is -2.19. The molecule has 0 saturated carbocycles. The van der Waals surface area contributed by atoms with Crippen LogP contribution in [0.15, 0.2) is 51.9 Å². The number of nitrogens with zero attached hydrogens (tertiary/aromatic N) is 7. The van der Waals surface area contributed by atoms with Gasteiger partial charge in [-0.05, 0) is 73.8 Å². The number of aryl methyl sites for hydroxylation is 1. The molecule has 1 aromatic carbocycles. The Hall–Kier alpha value is -3.63. The number of ether oxygens (including phenoxy) is 1. The van der Waals surface area contributed by atoms with Crippen LogP contribution in [0.4, 0.5) is 10.2 Å². The molecule has 3 heterocycles. The molecule has 4 aromatic rings. The van der Waals surface area contributed by atoms with E-state index in [0.29, 0.717) is 39.9 Å². The third kappa shape index (κ3) is 5.00. The van der Waals surface area contributed by atoms with E-state index in [1.165, 1.54) is 36.7 Å². The molecule has 0 bridgehead atoms. The largest absolute Gasteiger partial charge is 0.478 e. The Bertz CT molecular complexity index is 1500. The summed E-state index contributed by atoms with van der Waals surface area (Å²) in [6, 6.07) is 7.66. The summed E-state index contributed by atoms with van der Waals surface area (Å²) in [6.07, 6.45) is 3.94. The van der Waals surface area contributed by atoms with Gasteiger partial charge in [0.05, 0.1) is 33.8 Å². The van der Waals surface area contributed by atoms with E-state index in [-0.39, 0.29) is 5.75 Å². The second kappa shape index (κ2) is 10.5. The second-order valence-corrected chi connectivity index (χ2v) is 9.34. The van der Waals surface area contributed by atoms with Crippen LogP contribution >= 0.6 is 31.9 Å². The molecule has 13 heteroatoms. The Morgan fingerprint density at radius 3 is 2.69 bits per heavy atom. The van der Waals surface area contributed by atoms with Crippen molar-refractivity contribution in [1.29, 1.82) is 5.26 Å². The van der Waals surface area contributed by atoms with Gasteiger partial charge in [-0.2, -0.15) is 15.5 Å². The maximum absolute atomic E-state index is 14.4. The van der Waals surface area contributed by atoms with E-state index in [2.05, 4.69) is 53.1 Å². The maximum atomic E-state index is 14.4. The Labute approximate surface area is 221 Å². The summed E-state index contributed by atoms with van der Waals surface area (Å²) in [4.78, 5) is 14.6. The molecule has 3 aromatic heterocycles. The van der Waals surface area contributed by atoms with E-state index in [0.717, 1.165) is 10.2 Å². The van der Waals surface area contributed by atoms with Crippen LogP contribution in [0.5, 0.6) is 5.75 Å². The van der Waals surface area contributed by atoms with E-state index < -0.39 is 22.7 Å². The number of aromatic nitrogens is 5. The van der Waals surface area contributed by atoms with Crippen LogP contribution in [0.25, 0.3) is 5.69 Å². The van der Waals surface area contributed by atoms with Crippen molar-refractivity contribution in [3.8, 4) is 17.5 Å². The topological polar surface area (TPSA) is 125 Å². The fourth-order valence-corrected chi connectivity index (χ4v) is 4.60. The first kappa shape index (κ1) is 25.5. The molecule has 36 heavy (non-hydrogen) atoms. The SMILES string of the molecule is CCn1ncc(Cc2c(C#N)cnn2-c2ccc(F)cc2C(C)Oc2cc(Br)cnc2[N+](=O)[O-])c1Br. The first-order valence-corrected chi connectivity index (χ1v) is 12.3. The monoisotopic (exact) mass is 617 g/mol. The fraction of sp³-hybridized carbons (Fsp3) is 0.217. The van der Waals surface area contributed by atoms with Crippen LogP contribution in [0.2, 0.25) is 0 Å². The van der Waals surface area contributed by atoms with Crippen LogP contribution in [-0.2, 0) is 13.0 Å². The van der Waals surface area contributed by atoms with Crippen molar-refractivity contribution in [2.75, 3.05) is 0 Å². The lowest BCUT2D eigenvalue weighted by molar-refractivity contribution is -0.390. The minimum atomic E-state index is -0.831. The van der Waals surface area contributed by atoms with Gasteiger partial charge in [0.15, 0.2) is 6.20 Å². The van der Waals surface area contributed by atoms with Crippen LogP contribution in [0.3, 0.4) is 0 Å². The van der Waals surface area contributed by atoms with Gasteiger partial charge in [0.25, 0.3) is 0 Å². The molecular formula is C23H18Br2FN7O3. The molecule has 0 fully saturated rings. The van der Waals surface area contributed by atoms with E-state index in [1.54, 1.807) is 22.5 Å². The molecule has 184 valence electrons. The zero-order valence-corrected chi connectivity index (χ0v) is 22.2. The Morgan fingerprint density at radius 1 is 1.25 bits per heavy atom. The van der Waals surface area contributed by atoms with Gasteiger partial charge in [-0.25, -0.2) is 9.07 Å². The zero-order valence-electron chi connectivity index (χ0n) is 19.0. The molecule has 0 N–H and O–H groups in total.